The minimum Gasteiger partial charge on any atom is -0.508 e. The number of ketones is 1. The van der Waals surface area contributed by atoms with Crippen LogP contribution in [-0.2, 0) is 15.5 Å². The smallest absolute Gasteiger partial charge is 0.339 e. The average Bonchev–Trinajstić information content (AvgIpc) is 2.91. The standard InChI is InChI=1S/C30H23NO5S/c1-30(20-6-3-2-4-7-20,21-10-14-23(32)15-11-21)22-12-16-24(17-13-22)36-37(34,35)28-9-5-8-26-25(28)18-19-27(31)29(26)33/h2-19,31-32H,1H3. The van der Waals surface area contributed by atoms with Gasteiger partial charge in [-0.2, -0.15) is 8.42 Å². The molecule has 6 nitrogen and oxygen atoms in total. The van der Waals surface area contributed by atoms with Crippen molar-refractivity contribution in [2.45, 2.75) is 17.2 Å². The molecular weight excluding hydrogens is 486 g/mol. The zero-order chi connectivity index (χ0) is 26.2. The summed E-state index contributed by atoms with van der Waals surface area (Å²) in [6.07, 6.45) is 2.73. The summed E-state index contributed by atoms with van der Waals surface area (Å²) in [6.45, 7) is 2.07. The van der Waals surface area contributed by atoms with Gasteiger partial charge < -0.3 is 9.29 Å². The van der Waals surface area contributed by atoms with Crippen molar-refractivity contribution in [1.29, 1.82) is 5.41 Å². The maximum absolute atomic E-state index is 13.2. The summed E-state index contributed by atoms with van der Waals surface area (Å²) >= 11 is 0. The summed E-state index contributed by atoms with van der Waals surface area (Å²) < 4.78 is 31.8. The van der Waals surface area contributed by atoms with Crippen LogP contribution in [0.1, 0.15) is 39.5 Å². The maximum Gasteiger partial charge on any atom is 0.339 e. The zero-order valence-corrected chi connectivity index (χ0v) is 20.7. The number of carbonyl (C=O) groups is 1. The molecular formula is C30H23NO5S. The van der Waals surface area contributed by atoms with Crippen molar-refractivity contribution in [3.63, 3.8) is 0 Å². The number of fused-ring (bicyclic) bond motifs is 1. The number of Topliss-reactive ketones (excluding diaryl/α,β-unsaturated/α-hetero) is 1. The minimum atomic E-state index is -4.25. The van der Waals surface area contributed by atoms with Crippen LogP contribution in [0.3, 0.4) is 0 Å². The van der Waals surface area contributed by atoms with Crippen molar-refractivity contribution in [3.05, 3.63) is 131 Å². The van der Waals surface area contributed by atoms with E-state index in [2.05, 4.69) is 6.92 Å². The summed E-state index contributed by atoms with van der Waals surface area (Å²) in [4.78, 5) is 12.2. The highest BCUT2D eigenvalue weighted by Crippen LogP contribution is 2.40. The van der Waals surface area contributed by atoms with Gasteiger partial charge in [0, 0.05) is 16.5 Å². The van der Waals surface area contributed by atoms with E-state index in [0.29, 0.717) is 0 Å². The fourth-order valence-corrected chi connectivity index (χ4v) is 5.75. The summed E-state index contributed by atoms with van der Waals surface area (Å²) in [5.41, 5.74) is 2.47. The van der Waals surface area contributed by atoms with Gasteiger partial charge in [0.05, 0.1) is 0 Å². The van der Waals surface area contributed by atoms with E-state index in [0.717, 1.165) is 16.7 Å². The van der Waals surface area contributed by atoms with E-state index in [9.17, 15) is 18.3 Å². The van der Waals surface area contributed by atoms with Gasteiger partial charge in [0.15, 0.2) is 0 Å². The predicted octanol–water partition coefficient (Wildman–Crippen LogP) is 5.74. The largest absolute Gasteiger partial charge is 0.508 e. The molecule has 4 aromatic carbocycles. The van der Waals surface area contributed by atoms with Crippen LogP contribution in [0.5, 0.6) is 11.5 Å². The van der Waals surface area contributed by atoms with Gasteiger partial charge in [-0.3, -0.25) is 10.2 Å². The van der Waals surface area contributed by atoms with Crippen LogP contribution < -0.4 is 4.18 Å². The van der Waals surface area contributed by atoms with Gasteiger partial charge in [0.25, 0.3) is 0 Å². The molecule has 2 N–H and O–H groups in total. The Morgan fingerprint density at radius 2 is 1.35 bits per heavy atom. The van der Waals surface area contributed by atoms with E-state index in [1.165, 1.54) is 30.4 Å². The number of benzene rings is 4. The highest BCUT2D eigenvalue weighted by Gasteiger charge is 2.32. The lowest BCUT2D eigenvalue weighted by Crippen LogP contribution is -2.25. The van der Waals surface area contributed by atoms with Gasteiger partial charge in [0.1, 0.15) is 22.1 Å². The summed E-state index contributed by atoms with van der Waals surface area (Å²) in [5.74, 6) is -0.237. The molecule has 184 valence electrons. The Morgan fingerprint density at radius 1 is 0.757 bits per heavy atom. The normalized spacial score (nSPS) is 14.6. The summed E-state index contributed by atoms with van der Waals surface area (Å²) in [5, 5.41) is 17.5. The molecule has 1 atom stereocenters. The molecule has 5 rings (SSSR count). The third kappa shape index (κ3) is 4.34. The Balaban J connectivity index is 1.50. The second kappa shape index (κ2) is 9.19. The molecule has 1 aliphatic carbocycles. The molecule has 0 saturated carbocycles. The molecule has 0 saturated heterocycles. The Kier molecular flexibility index (Phi) is 6.01. The first kappa shape index (κ1) is 24.2. The van der Waals surface area contributed by atoms with Crippen molar-refractivity contribution in [3.8, 4) is 11.5 Å². The third-order valence-electron chi connectivity index (χ3n) is 6.67. The lowest BCUT2D eigenvalue weighted by atomic mass is 9.71. The van der Waals surface area contributed by atoms with E-state index in [1.54, 1.807) is 24.3 Å². The van der Waals surface area contributed by atoms with Crippen molar-refractivity contribution in [2.24, 2.45) is 0 Å². The maximum atomic E-state index is 13.2. The highest BCUT2D eigenvalue weighted by molar-refractivity contribution is 7.87. The topological polar surface area (TPSA) is 105 Å². The molecule has 1 aliphatic rings. The van der Waals surface area contributed by atoms with Crippen molar-refractivity contribution >= 4 is 27.7 Å². The van der Waals surface area contributed by atoms with Gasteiger partial charge >= 0.3 is 10.1 Å². The van der Waals surface area contributed by atoms with Crippen molar-refractivity contribution in [1.82, 2.24) is 0 Å². The lowest BCUT2D eigenvalue weighted by molar-refractivity contribution is 0.106. The number of hydrogen-bond acceptors (Lipinski definition) is 6. The van der Waals surface area contributed by atoms with Crippen LogP contribution in [0.25, 0.3) is 6.08 Å². The minimum absolute atomic E-state index is 0.126. The SMILES string of the molecule is CC(c1ccccc1)(c1ccc(O)cc1)c1ccc(OS(=O)(=O)c2cccc3c2C=CC(=N)C3=O)cc1. The summed E-state index contributed by atoms with van der Waals surface area (Å²) in [6, 6.07) is 28.1. The van der Waals surface area contributed by atoms with Crippen molar-refractivity contribution < 1.29 is 22.5 Å². The number of rotatable bonds is 6. The Bertz CT molecular complexity index is 1640. The molecule has 0 aromatic heterocycles. The van der Waals surface area contributed by atoms with Crippen LogP contribution in [-0.4, -0.2) is 25.0 Å². The molecule has 0 fully saturated rings. The third-order valence-corrected chi connectivity index (χ3v) is 7.98. The number of allylic oxidation sites excluding steroid dienone is 1. The quantitative estimate of drug-likeness (QED) is 0.255. The molecule has 37 heavy (non-hydrogen) atoms. The first-order valence-corrected chi connectivity index (χ1v) is 13.0. The zero-order valence-electron chi connectivity index (χ0n) is 19.9. The number of aromatic hydroxyl groups is 1. The number of phenolic OH excluding ortho intramolecular Hbond substituents is 1. The Morgan fingerprint density at radius 3 is 2.00 bits per heavy atom. The fraction of sp³-hybridized carbons (Fsp3) is 0.0667. The van der Waals surface area contributed by atoms with Crippen LogP contribution >= 0.6 is 0 Å². The number of carbonyl (C=O) groups excluding carboxylic acids is 1. The fourth-order valence-electron chi connectivity index (χ4n) is 4.60. The van der Waals surface area contributed by atoms with Gasteiger partial charge in [0.2, 0.25) is 5.78 Å². The van der Waals surface area contributed by atoms with E-state index in [-0.39, 0.29) is 33.2 Å². The number of hydrogen-bond donors (Lipinski definition) is 2. The number of phenols is 1. The van der Waals surface area contributed by atoms with E-state index >= 15 is 0 Å². The van der Waals surface area contributed by atoms with Gasteiger partial charge in [-0.15, -0.1) is 0 Å². The lowest BCUT2D eigenvalue weighted by Gasteiger charge is -2.32. The van der Waals surface area contributed by atoms with Gasteiger partial charge in [-0.25, -0.2) is 0 Å². The average molecular weight is 510 g/mol. The van der Waals surface area contributed by atoms with Gasteiger partial charge in [-0.05, 0) is 60.0 Å². The van der Waals surface area contributed by atoms with E-state index in [1.807, 2.05) is 54.6 Å². The monoisotopic (exact) mass is 509 g/mol. The number of nitrogens with one attached hydrogen (secondary N) is 1. The Hall–Kier alpha value is -4.49. The molecule has 0 spiro atoms. The van der Waals surface area contributed by atoms with E-state index in [4.69, 9.17) is 9.59 Å². The van der Waals surface area contributed by atoms with Gasteiger partial charge in [-0.1, -0.05) is 72.8 Å². The molecule has 0 heterocycles. The second-order valence-corrected chi connectivity index (χ2v) is 10.4. The first-order chi connectivity index (χ1) is 17.7. The molecule has 7 heteroatoms. The predicted molar refractivity (Wildman–Crippen MR) is 142 cm³/mol. The molecule has 4 aromatic rings. The van der Waals surface area contributed by atoms with E-state index < -0.39 is 21.3 Å². The second-order valence-electron chi connectivity index (χ2n) is 8.89. The molecule has 0 amide bonds. The van der Waals surface area contributed by atoms with Crippen LogP contribution in [0.15, 0.2) is 108 Å². The van der Waals surface area contributed by atoms with Crippen LogP contribution in [0.4, 0.5) is 0 Å². The van der Waals surface area contributed by atoms with Crippen LogP contribution in [0.2, 0.25) is 0 Å². The highest BCUT2D eigenvalue weighted by atomic mass is 32.2. The summed E-state index contributed by atoms with van der Waals surface area (Å²) in [7, 11) is -4.25. The molecule has 0 aliphatic heterocycles. The molecule has 0 radical (unpaired) electrons. The van der Waals surface area contributed by atoms with Crippen molar-refractivity contribution in [2.75, 3.05) is 0 Å². The Labute approximate surface area is 215 Å². The van der Waals surface area contributed by atoms with Crippen LogP contribution in [0, 0.1) is 5.41 Å². The first-order valence-electron chi connectivity index (χ1n) is 11.5. The molecule has 0 bridgehead atoms. The molecule has 1 unspecified atom stereocenters.